The molecule has 0 fully saturated rings. The van der Waals surface area contributed by atoms with E-state index in [4.69, 9.17) is 10.2 Å². The number of rotatable bonds is 2. The molecule has 0 aromatic rings. The van der Waals surface area contributed by atoms with Crippen LogP contribution < -0.4 is 0 Å². The molecule has 0 aromatic carbocycles. The van der Waals surface area contributed by atoms with E-state index in [9.17, 15) is 0 Å². The monoisotopic (exact) mass is 275 g/mol. The van der Waals surface area contributed by atoms with Gasteiger partial charge in [-0.2, -0.15) is 11.5 Å². The van der Waals surface area contributed by atoms with E-state index in [1.165, 1.54) is 0 Å². The first-order valence-corrected chi connectivity index (χ1v) is 3.36. The Balaban J connectivity index is -0.0000000720. The van der Waals surface area contributed by atoms with Gasteiger partial charge in [-0.1, -0.05) is 0 Å². The predicted octanol–water partition coefficient (Wildman–Crippen LogP) is -1.33. The van der Waals surface area contributed by atoms with E-state index in [1.54, 1.807) is 0 Å². The van der Waals surface area contributed by atoms with Crippen LogP contribution >= 0.6 is 0 Å². The van der Waals surface area contributed by atoms with E-state index in [0.29, 0.717) is 11.5 Å². The number of aliphatic hydroxyl groups excluding tert-OH is 2. The van der Waals surface area contributed by atoms with Crippen molar-refractivity contribution in [2.75, 3.05) is 24.7 Å². The third-order valence-corrected chi connectivity index (χ3v) is 0.548. The molecular formula is C4H10O2S2Sb-2. The van der Waals surface area contributed by atoms with Crippen molar-refractivity contribution < 1.29 is 10.2 Å². The molecule has 9 heavy (non-hydrogen) atoms. The third-order valence-electron chi connectivity index (χ3n) is 0.183. The molecule has 2 N–H and O–H groups in total. The number of hydrogen-bond donors (Lipinski definition) is 2. The maximum absolute atomic E-state index is 7.77. The molecule has 0 bridgehead atoms. The molecule has 0 rings (SSSR count). The smallest absolute Gasteiger partial charge is 0.0213 e. The summed E-state index contributed by atoms with van der Waals surface area (Å²) in [6.45, 7) is 0.269. The second kappa shape index (κ2) is 22.7. The molecule has 5 heteroatoms. The number of aliphatic hydroxyl groups is 2. The first-order valence-electron chi connectivity index (χ1n) is 2.21. The van der Waals surface area contributed by atoms with Gasteiger partial charge in [0.15, 0.2) is 0 Å². The zero-order valence-corrected chi connectivity index (χ0v) is 9.17. The van der Waals surface area contributed by atoms with Crippen LogP contribution in [0.3, 0.4) is 0 Å². The number of hydrogen-bond acceptors (Lipinski definition) is 4. The second-order valence-electron chi connectivity index (χ2n) is 0.855. The fourth-order valence-electron chi connectivity index (χ4n) is 0. The molecule has 3 radical (unpaired) electrons. The Labute approximate surface area is 84.3 Å². The summed E-state index contributed by atoms with van der Waals surface area (Å²) in [6.07, 6.45) is 0. The summed E-state index contributed by atoms with van der Waals surface area (Å²) in [7, 11) is 0. The van der Waals surface area contributed by atoms with Crippen molar-refractivity contribution in [2.24, 2.45) is 0 Å². The van der Waals surface area contributed by atoms with Crippen LogP contribution in [0, 0.1) is 0 Å². The van der Waals surface area contributed by atoms with E-state index in [1.807, 2.05) is 0 Å². The first-order chi connectivity index (χ1) is 3.83. The molecule has 0 aliphatic rings. The summed E-state index contributed by atoms with van der Waals surface area (Å²) in [5.41, 5.74) is 0. The van der Waals surface area contributed by atoms with Gasteiger partial charge in [-0.05, 0) is 0 Å². The molecular weight excluding hydrogens is 266 g/mol. The minimum atomic E-state index is 0. The zero-order chi connectivity index (χ0) is 6.83. The molecule has 0 heterocycles. The summed E-state index contributed by atoms with van der Waals surface area (Å²) in [6, 6.07) is 0. The summed E-state index contributed by atoms with van der Waals surface area (Å²) >= 11 is 8.61. The second-order valence-corrected chi connectivity index (χ2v) is 1.67. The molecule has 2 nitrogen and oxygen atoms in total. The van der Waals surface area contributed by atoms with Gasteiger partial charge in [0.05, 0.1) is 0 Å². The van der Waals surface area contributed by atoms with Crippen LogP contribution in [-0.4, -0.2) is 59.4 Å². The van der Waals surface area contributed by atoms with E-state index < -0.39 is 0 Å². The zero-order valence-electron chi connectivity index (χ0n) is 4.99. The van der Waals surface area contributed by atoms with Gasteiger partial charge in [0.1, 0.15) is 0 Å². The maximum atomic E-state index is 7.77. The van der Waals surface area contributed by atoms with Crippen LogP contribution in [0.1, 0.15) is 0 Å². The summed E-state index contributed by atoms with van der Waals surface area (Å²) in [5.74, 6) is 0.917. The topological polar surface area (TPSA) is 40.5 Å². The molecule has 0 saturated carbocycles. The molecule has 0 atom stereocenters. The van der Waals surface area contributed by atoms with Gasteiger partial charge in [0.2, 0.25) is 0 Å². The van der Waals surface area contributed by atoms with Gasteiger partial charge in [-0.3, -0.25) is 0 Å². The summed E-state index contributed by atoms with van der Waals surface area (Å²) < 4.78 is 0. The van der Waals surface area contributed by atoms with Crippen molar-refractivity contribution in [1.29, 1.82) is 0 Å². The van der Waals surface area contributed by atoms with Crippen LogP contribution in [0.2, 0.25) is 0 Å². The molecule has 0 aliphatic heterocycles. The van der Waals surface area contributed by atoms with Gasteiger partial charge in [0, 0.05) is 37.6 Å². The third kappa shape index (κ3) is 44.2. The van der Waals surface area contributed by atoms with Gasteiger partial charge < -0.3 is 35.5 Å². The van der Waals surface area contributed by atoms with Crippen molar-refractivity contribution in [3.8, 4) is 0 Å². The van der Waals surface area contributed by atoms with Gasteiger partial charge in [0.25, 0.3) is 0 Å². The summed E-state index contributed by atoms with van der Waals surface area (Å²) in [5, 5.41) is 15.5. The molecule has 0 amide bonds. The minimum absolute atomic E-state index is 0. The quantitative estimate of drug-likeness (QED) is 0.484. The predicted molar refractivity (Wildman–Crippen MR) is 44.4 cm³/mol. The standard InChI is InChI=1S/2C2H6OS.Sb/c2*3-1-2-4;/h2*3-4H,1-2H2;/p-2. The van der Waals surface area contributed by atoms with Gasteiger partial charge >= 0.3 is 0 Å². The van der Waals surface area contributed by atoms with Crippen LogP contribution in [0.4, 0.5) is 0 Å². The molecule has 0 saturated heterocycles. The largest absolute Gasteiger partial charge is 0.790 e. The van der Waals surface area contributed by atoms with E-state index in [2.05, 4.69) is 25.3 Å². The fourth-order valence-corrected chi connectivity index (χ4v) is 0. The van der Waals surface area contributed by atoms with Gasteiger partial charge in [-0.15, -0.1) is 0 Å². The average molecular weight is 276 g/mol. The van der Waals surface area contributed by atoms with Crippen molar-refractivity contribution >= 4 is 49.7 Å². The fraction of sp³-hybridized carbons (Fsp3) is 1.00. The SMILES string of the molecule is OCC[S-].OCC[S-].[Sb]. The average Bonchev–Trinajstić information content (AvgIpc) is 1.88. The Morgan fingerprint density at radius 1 is 0.889 bits per heavy atom. The Kier molecular flexibility index (Phi) is 42.4. The molecule has 57 valence electrons. The van der Waals surface area contributed by atoms with Crippen LogP contribution in [0.5, 0.6) is 0 Å². The Morgan fingerprint density at radius 2 is 1.00 bits per heavy atom. The van der Waals surface area contributed by atoms with E-state index in [0.717, 1.165) is 0 Å². The molecule has 0 spiro atoms. The van der Waals surface area contributed by atoms with Crippen LogP contribution in [0.15, 0.2) is 0 Å². The van der Waals surface area contributed by atoms with Crippen LogP contribution in [0.25, 0.3) is 0 Å². The first kappa shape index (κ1) is 16.8. The van der Waals surface area contributed by atoms with Crippen molar-refractivity contribution in [1.82, 2.24) is 0 Å². The normalized spacial score (nSPS) is 6.67. The Morgan fingerprint density at radius 3 is 1.00 bits per heavy atom. The Bertz CT molecular complexity index is 24.5. The Hall–Kier alpha value is 1.44. The summed E-state index contributed by atoms with van der Waals surface area (Å²) in [4.78, 5) is 0. The van der Waals surface area contributed by atoms with E-state index >= 15 is 0 Å². The minimum Gasteiger partial charge on any atom is -0.790 e. The van der Waals surface area contributed by atoms with Gasteiger partial charge in [-0.25, -0.2) is 0 Å². The molecule has 0 aromatic heterocycles. The van der Waals surface area contributed by atoms with Crippen molar-refractivity contribution in [2.45, 2.75) is 0 Å². The molecule has 0 unspecified atom stereocenters. The molecule has 0 aliphatic carbocycles. The van der Waals surface area contributed by atoms with Crippen molar-refractivity contribution in [3.63, 3.8) is 0 Å². The van der Waals surface area contributed by atoms with E-state index in [-0.39, 0.29) is 37.6 Å². The van der Waals surface area contributed by atoms with Crippen molar-refractivity contribution in [3.05, 3.63) is 0 Å². The maximum Gasteiger partial charge on any atom is 0.0213 e. The van der Waals surface area contributed by atoms with Crippen LogP contribution in [-0.2, 0) is 25.3 Å².